The van der Waals surface area contributed by atoms with Crippen LogP contribution in [0.3, 0.4) is 0 Å². The first-order chi connectivity index (χ1) is 6.09. The summed E-state index contributed by atoms with van der Waals surface area (Å²) in [7, 11) is 0. The molecule has 4 heteroatoms. The molecule has 0 spiro atoms. The molecule has 1 fully saturated rings. The SMILES string of the molecule is CC(C)N1CCC(NCC(F)F)C1. The lowest BCUT2D eigenvalue weighted by Gasteiger charge is -2.20. The summed E-state index contributed by atoms with van der Waals surface area (Å²) in [5, 5.41) is 2.87. The first kappa shape index (κ1) is 10.9. The van der Waals surface area contributed by atoms with Crippen LogP contribution in [0.25, 0.3) is 0 Å². The summed E-state index contributed by atoms with van der Waals surface area (Å²) >= 11 is 0. The minimum absolute atomic E-state index is 0.170. The summed E-state index contributed by atoms with van der Waals surface area (Å²) in [5.41, 5.74) is 0. The van der Waals surface area contributed by atoms with Crippen LogP contribution >= 0.6 is 0 Å². The van der Waals surface area contributed by atoms with Crippen molar-refractivity contribution < 1.29 is 8.78 Å². The molecule has 0 aliphatic carbocycles. The second-order valence-corrected chi connectivity index (χ2v) is 3.87. The molecule has 78 valence electrons. The van der Waals surface area contributed by atoms with Gasteiger partial charge < -0.3 is 5.32 Å². The average molecular weight is 192 g/mol. The molecule has 1 unspecified atom stereocenters. The van der Waals surface area contributed by atoms with Crippen LogP contribution in [-0.4, -0.2) is 43.0 Å². The molecule has 1 rings (SSSR count). The molecule has 2 nitrogen and oxygen atoms in total. The monoisotopic (exact) mass is 192 g/mol. The molecular formula is C9H18F2N2. The smallest absolute Gasteiger partial charge is 0.250 e. The van der Waals surface area contributed by atoms with Crippen molar-refractivity contribution in [3.05, 3.63) is 0 Å². The van der Waals surface area contributed by atoms with E-state index in [0.29, 0.717) is 6.04 Å². The third kappa shape index (κ3) is 3.56. The summed E-state index contributed by atoms with van der Waals surface area (Å²) in [6.45, 7) is 6.03. The fourth-order valence-corrected chi connectivity index (χ4v) is 1.68. The minimum Gasteiger partial charge on any atom is -0.307 e. The molecule has 1 atom stereocenters. The maximum absolute atomic E-state index is 11.9. The largest absolute Gasteiger partial charge is 0.307 e. The third-order valence-corrected chi connectivity index (χ3v) is 2.51. The molecule has 1 saturated heterocycles. The Morgan fingerprint density at radius 1 is 1.46 bits per heavy atom. The first-order valence-electron chi connectivity index (χ1n) is 4.85. The van der Waals surface area contributed by atoms with Crippen molar-refractivity contribution >= 4 is 0 Å². The minimum atomic E-state index is -2.23. The second-order valence-electron chi connectivity index (χ2n) is 3.87. The average Bonchev–Trinajstić information content (AvgIpc) is 2.48. The highest BCUT2D eigenvalue weighted by Gasteiger charge is 2.24. The van der Waals surface area contributed by atoms with E-state index in [4.69, 9.17) is 0 Å². The Labute approximate surface area is 78.3 Å². The van der Waals surface area contributed by atoms with Gasteiger partial charge in [0.15, 0.2) is 0 Å². The highest BCUT2D eigenvalue weighted by atomic mass is 19.3. The molecule has 0 aromatic carbocycles. The molecule has 0 amide bonds. The van der Waals surface area contributed by atoms with E-state index >= 15 is 0 Å². The lowest BCUT2D eigenvalue weighted by atomic mass is 10.2. The molecular weight excluding hydrogens is 174 g/mol. The molecule has 0 radical (unpaired) electrons. The van der Waals surface area contributed by atoms with Gasteiger partial charge in [-0.3, -0.25) is 4.90 Å². The van der Waals surface area contributed by atoms with Gasteiger partial charge in [0.05, 0.1) is 6.54 Å². The maximum atomic E-state index is 11.9. The zero-order valence-electron chi connectivity index (χ0n) is 8.26. The number of hydrogen-bond acceptors (Lipinski definition) is 2. The lowest BCUT2D eigenvalue weighted by molar-refractivity contribution is 0.141. The van der Waals surface area contributed by atoms with E-state index in [2.05, 4.69) is 24.1 Å². The molecule has 0 aromatic rings. The van der Waals surface area contributed by atoms with Crippen LogP contribution in [0.2, 0.25) is 0 Å². The van der Waals surface area contributed by atoms with Gasteiger partial charge in [-0.2, -0.15) is 0 Å². The second kappa shape index (κ2) is 4.86. The highest BCUT2D eigenvalue weighted by molar-refractivity contribution is 4.82. The van der Waals surface area contributed by atoms with Gasteiger partial charge >= 0.3 is 0 Å². The summed E-state index contributed by atoms with van der Waals surface area (Å²) in [4.78, 5) is 2.31. The Morgan fingerprint density at radius 3 is 2.62 bits per heavy atom. The van der Waals surface area contributed by atoms with Gasteiger partial charge in [0, 0.05) is 18.6 Å². The van der Waals surface area contributed by atoms with Crippen molar-refractivity contribution in [3.63, 3.8) is 0 Å². The van der Waals surface area contributed by atoms with Gasteiger partial charge in [0.2, 0.25) is 0 Å². The van der Waals surface area contributed by atoms with Gasteiger partial charge in [0.25, 0.3) is 6.43 Å². The summed E-state index contributed by atoms with van der Waals surface area (Å²) in [6.07, 6.45) is -1.24. The lowest BCUT2D eigenvalue weighted by Crippen LogP contribution is -2.37. The Bertz CT molecular complexity index is 151. The van der Waals surface area contributed by atoms with Crippen molar-refractivity contribution in [3.8, 4) is 0 Å². The quantitative estimate of drug-likeness (QED) is 0.722. The molecule has 1 aliphatic rings. The van der Waals surface area contributed by atoms with E-state index < -0.39 is 6.43 Å². The van der Waals surface area contributed by atoms with E-state index in [1.54, 1.807) is 0 Å². The van der Waals surface area contributed by atoms with Crippen LogP contribution in [0.5, 0.6) is 0 Å². The van der Waals surface area contributed by atoms with Crippen molar-refractivity contribution in [2.24, 2.45) is 0 Å². The predicted molar refractivity (Wildman–Crippen MR) is 49.1 cm³/mol. The Balaban J connectivity index is 2.17. The van der Waals surface area contributed by atoms with E-state index in [1.165, 1.54) is 0 Å². The number of nitrogens with zero attached hydrogens (tertiary/aromatic N) is 1. The van der Waals surface area contributed by atoms with Gasteiger partial charge in [-0.25, -0.2) is 8.78 Å². The molecule has 0 saturated carbocycles. The molecule has 1 heterocycles. The number of alkyl halides is 2. The van der Waals surface area contributed by atoms with Crippen molar-refractivity contribution in [1.82, 2.24) is 10.2 Å². The van der Waals surface area contributed by atoms with Gasteiger partial charge in [-0.05, 0) is 26.8 Å². The highest BCUT2D eigenvalue weighted by Crippen LogP contribution is 2.12. The van der Waals surface area contributed by atoms with E-state index in [9.17, 15) is 8.78 Å². The molecule has 0 aromatic heterocycles. The van der Waals surface area contributed by atoms with Crippen LogP contribution in [0.15, 0.2) is 0 Å². The summed E-state index contributed by atoms with van der Waals surface area (Å²) in [5.74, 6) is 0. The summed E-state index contributed by atoms with van der Waals surface area (Å²) < 4.78 is 23.7. The van der Waals surface area contributed by atoms with Gasteiger partial charge in [-0.1, -0.05) is 0 Å². The van der Waals surface area contributed by atoms with Crippen LogP contribution in [-0.2, 0) is 0 Å². The molecule has 1 aliphatic heterocycles. The van der Waals surface area contributed by atoms with Gasteiger partial charge in [0.1, 0.15) is 0 Å². The van der Waals surface area contributed by atoms with Crippen molar-refractivity contribution in [2.75, 3.05) is 19.6 Å². The maximum Gasteiger partial charge on any atom is 0.250 e. The number of hydrogen-bond donors (Lipinski definition) is 1. The normalized spacial score (nSPS) is 24.9. The zero-order chi connectivity index (χ0) is 9.84. The fraction of sp³-hybridized carbons (Fsp3) is 1.00. The summed E-state index contributed by atoms with van der Waals surface area (Å²) in [6, 6.07) is 0.787. The van der Waals surface area contributed by atoms with Crippen molar-refractivity contribution in [2.45, 2.75) is 38.8 Å². The van der Waals surface area contributed by atoms with Gasteiger partial charge in [-0.15, -0.1) is 0 Å². The van der Waals surface area contributed by atoms with Crippen LogP contribution < -0.4 is 5.32 Å². The fourth-order valence-electron chi connectivity index (χ4n) is 1.68. The topological polar surface area (TPSA) is 15.3 Å². The van der Waals surface area contributed by atoms with E-state index in [1.807, 2.05) is 0 Å². The van der Waals surface area contributed by atoms with Crippen LogP contribution in [0, 0.1) is 0 Å². The standard InChI is InChI=1S/C9H18F2N2/c1-7(2)13-4-3-8(6-13)12-5-9(10)11/h7-9,12H,3-6H2,1-2H3. The van der Waals surface area contributed by atoms with E-state index in [-0.39, 0.29) is 12.6 Å². The molecule has 1 N–H and O–H groups in total. The third-order valence-electron chi connectivity index (χ3n) is 2.51. The Morgan fingerprint density at radius 2 is 2.15 bits per heavy atom. The molecule has 0 bridgehead atoms. The van der Waals surface area contributed by atoms with Crippen LogP contribution in [0.4, 0.5) is 8.78 Å². The van der Waals surface area contributed by atoms with Crippen molar-refractivity contribution in [1.29, 1.82) is 0 Å². The van der Waals surface area contributed by atoms with Crippen LogP contribution in [0.1, 0.15) is 20.3 Å². The predicted octanol–water partition coefficient (Wildman–Crippen LogP) is 1.32. The first-order valence-corrected chi connectivity index (χ1v) is 4.85. The molecule has 13 heavy (non-hydrogen) atoms. The Hall–Kier alpha value is -0.220. The zero-order valence-corrected chi connectivity index (χ0v) is 8.26. The van der Waals surface area contributed by atoms with E-state index in [0.717, 1.165) is 19.5 Å². The number of halogens is 2. The Kier molecular flexibility index (Phi) is 4.06. The number of rotatable bonds is 4. The number of nitrogens with one attached hydrogen (secondary N) is 1. The number of likely N-dealkylation sites (tertiary alicyclic amines) is 1.